The van der Waals surface area contributed by atoms with Crippen molar-refractivity contribution in [2.75, 3.05) is 33.3 Å². The van der Waals surface area contributed by atoms with E-state index in [0.717, 1.165) is 31.8 Å². The van der Waals surface area contributed by atoms with E-state index in [1.165, 1.54) is 19.3 Å². The molecular weight excluding hydrogens is 264 g/mol. The van der Waals surface area contributed by atoms with Crippen LogP contribution < -0.4 is 5.32 Å². The van der Waals surface area contributed by atoms with E-state index in [9.17, 15) is 5.11 Å². The van der Waals surface area contributed by atoms with Crippen molar-refractivity contribution in [3.63, 3.8) is 0 Å². The van der Waals surface area contributed by atoms with Gasteiger partial charge in [0.05, 0.1) is 18.8 Å². The maximum absolute atomic E-state index is 9.95. The van der Waals surface area contributed by atoms with Gasteiger partial charge in [0.25, 0.3) is 0 Å². The molecule has 4 nitrogen and oxygen atoms in total. The Morgan fingerprint density at radius 1 is 1.29 bits per heavy atom. The van der Waals surface area contributed by atoms with Crippen molar-refractivity contribution in [3.8, 4) is 0 Å². The molecule has 0 spiro atoms. The molecule has 21 heavy (non-hydrogen) atoms. The average Bonchev–Trinajstić information content (AvgIpc) is 2.49. The number of aliphatic hydroxyl groups is 1. The van der Waals surface area contributed by atoms with Crippen LogP contribution >= 0.6 is 0 Å². The van der Waals surface area contributed by atoms with E-state index < -0.39 is 6.10 Å². The molecule has 2 unspecified atom stereocenters. The highest BCUT2D eigenvalue weighted by atomic mass is 16.5. The van der Waals surface area contributed by atoms with Gasteiger partial charge < -0.3 is 20.1 Å². The monoisotopic (exact) mass is 300 g/mol. The molecule has 0 radical (unpaired) electrons. The number of nitrogens with zero attached hydrogens (tertiary/aromatic N) is 1. The number of hydrogen-bond donors (Lipinski definition) is 2. The highest BCUT2D eigenvalue weighted by Crippen LogP contribution is 2.25. The van der Waals surface area contributed by atoms with Gasteiger partial charge in [0.15, 0.2) is 0 Å². The van der Waals surface area contributed by atoms with Crippen molar-refractivity contribution in [2.24, 2.45) is 5.92 Å². The molecule has 126 valence electrons. The molecule has 0 aromatic rings. The summed E-state index contributed by atoms with van der Waals surface area (Å²) in [6, 6.07) is 0.619. The Hall–Kier alpha value is -0.160. The second kappa shape index (κ2) is 10.5. The second-order valence-electron chi connectivity index (χ2n) is 6.81. The van der Waals surface area contributed by atoms with Crippen molar-refractivity contribution >= 4 is 0 Å². The van der Waals surface area contributed by atoms with Gasteiger partial charge in [-0.15, -0.1) is 0 Å². The van der Waals surface area contributed by atoms with E-state index in [-0.39, 0.29) is 0 Å². The SMILES string of the molecule is CCC(C)N(C)CCNCC(O)COC1CCC(C)CC1. The summed E-state index contributed by atoms with van der Waals surface area (Å²) in [5.74, 6) is 0.846. The van der Waals surface area contributed by atoms with E-state index in [2.05, 4.69) is 38.0 Å². The molecule has 4 heteroatoms. The normalized spacial score (nSPS) is 26.0. The molecule has 0 aliphatic heterocycles. The molecular formula is C17H36N2O2. The van der Waals surface area contributed by atoms with Crippen molar-refractivity contribution in [2.45, 2.75) is 71.1 Å². The zero-order valence-corrected chi connectivity index (χ0v) is 14.5. The van der Waals surface area contributed by atoms with Gasteiger partial charge >= 0.3 is 0 Å². The van der Waals surface area contributed by atoms with Crippen molar-refractivity contribution < 1.29 is 9.84 Å². The summed E-state index contributed by atoms with van der Waals surface area (Å²) < 4.78 is 5.83. The second-order valence-corrected chi connectivity index (χ2v) is 6.81. The van der Waals surface area contributed by atoms with Crippen molar-refractivity contribution in [3.05, 3.63) is 0 Å². The highest BCUT2D eigenvalue weighted by Gasteiger charge is 2.19. The first-order valence-electron chi connectivity index (χ1n) is 8.73. The Labute approximate surface area is 131 Å². The predicted molar refractivity (Wildman–Crippen MR) is 88.6 cm³/mol. The van der Waals surface area contributed by atoms with Crippen LogP contribution in [0.15, 0.2) is 0 Å². The Balaban J connectivity index is 2.00. The Morgan fingerprint density at radius 2 is 1.95 bits per heavy atom. The molecule has 1 fully saturated rings. The summed E-state index contributed by atoms with van der Waals surface area (Å²) in [5, 5.41) is 13.3. The lowest BCUT2D eigenvalue weighted by Gasteiger charge is -2.27. The van der Waals surface area contributed by atoms with Crippen molar-refractivity contribution in [1.29, 1.82) is 0 Å². The van der Waals surface area contributed by atoms with Gasteiger partial charge in [-0.1, -0.05) is 13.8 Å². The molecule has 1 rings (SSSR count). The Morgan fingerprint density at radius 3 is 2.57 bits per heavy atom. The van der Waals surface area contributed by atoms with Crippen molar-refractivity contribution in [1.82, 2.24) is 10.2 Å². The fraction of sp³-hybridized carbons (Fsp3) is 1.00. The molecule has 1 aliphatic rings. The quantitative estimate of drug-likeness (QED) is 0.608. The minimum absolute atomic E-state index is 0.368. The molecule has 0 aromatic heterocycles. The van der Waals surface area contributed by atoms with Gasteiger partial charge in [-0.05, 0) is 52.0 Å². The molecule has 0 bridgehead atoms. The third-order valence-electron chi connectivity index (χ3n) is 4.85. The van der Waals surface area contributed by atoms with Crippen LogP contribution in [0.3, 0.4) is 0 Å². The fourth-order valence-corrected chi connectivity index (χ4v) is 2.76. The molecule has 1 aliphatic carbocycles. The van der Waals surface area contributed by atoms with E-state index in [4.69, 9.17) is 4.74 Å². The first kappa shape index (κ1) is 18.9. The average molecular weight is 300 g/mol. The maximum Gasteiger partial charge on any atom is 0.0897 e. The molecule has 0 aromatic carbocycles. The van der Waals surface area contributed by atoms with E-state index in [1.54, 1.807) is 0 Å². The van der Waals surface area contributed by atoms with Gasteiger partial charge in [0.1, 0.15) is 0 Å². The fourth-order valence-electron chi connectivity index (χ4n) is 2.76. The zero-order chi connectivity index (χ0) is 15.7. The van der Waals surface area contributed by atoms with Crippen LogP contribution in [0.5, 0.6) is 0 Å². The predicted octanol–water partition coefficient (Wildman–Crippen LogP) is 2.26. The summed E-state index contributed by atoms with van der Waals surface area (Å²) in [4.78, 5) is 2.35. The minimum atomic E-state index is -0.391. The maximum atomic E-state index is 9.95. The third-order valence-corrected chi connectivity index (χ3v) is 4.85. The van der Waals surface area contributed by atoms with Crippen LogP contribution in [0.25, 0.3) is 0 Å². The summed E-state index contributed by atoms with van der Waals surface area (Å²) in [5.41, 5.74) is 0. The van der Waals surface area contributed by atoms with E-state index >= 15 is 0 Å². The van der Waals surface area contributed by atoms with E-state index in [1.807, 2.05) is 0 Å². The number of aliphatic hydroxyl groups excluding tert-OH is 1. The zero-order valence-electron chi connectivity index (χ0n) is 14.5. The van der Waals surface area contributed by atoms with Crippen LogP contribution in [-0.2, 0) is 4.74 Å². The standard InChI is InChI=1S/C17H36N2O2/c1-5-15(3)19(4)11-10-18-12-16(20)13-21-17-8-6-14(2)7-9-17/h14-18,20H,5-13H2,1-4H3. The van der Waals surface area contributed by atoms with Gasteiger partial charge in [-0.25, -0.2) is 0 Å². The van der Waals surface area contributed by atoms with Crippen LogP contribution in [-0.4, -0.2) is 61.5 Å². The van der Waals surface area contributed by atoms with Gasteiger partial charge in [0.2, 0.25) is 0 Å². The largest absolute Gasteiger partial charge is 0.389 e. The molecule has 2 N–H and O–H groups in total. The lowest BCUT2D eigenvalue weighted by molar-refractivity contribution is -0.0278. The minimum Gasteiger partial charge on any atom is -0.389 e. The highest BCUT2D eigenvalue weighted by molar-refractivity contribution is 4.71. The topological polar surface area (TPSA) is 44.7 Å². The molecule has 2 atom stereocenters. The lowest BCUT2D eigenvalue weighted by atomic mass is 9.89. The number of likely N-dealkylation sites (N-methyl/N-ethyl adjacent to an activating group) is 1. The van der Waals surface area contributed by atoms with E-state index in [0.29, 0.717) is 25.3 Å². The first-order valence-corrected chi connectivity index (χ1v) is 8.73. The smallest absolute Gasteiger partial charge is 0.0897 e. The summed E-state index contributed by atoms with van der Waals surface area (Å²) in [7, 11) is 2.15. The van der Waals surface area contributed by atoms with Gasteiger partial charge in [-0.3, -0.25) is 0 Å². The van der Waals surface area contributed by atoms with Crippen LogP contribution in [0.4, 0.5) is 0 Å². The van der Waals surface area contributed by atoms with Crippen LogP contribution in [0, 0.1) is 5.92 Å². The number of hydrogen-bond acceptors (Lipinski definition) is 4. The molecule has 0 heterocycles. The lowest BCUT2D eigenvalue weighted by Crippen LogP contribution is -2.38. The van der Waals surface area contributed by atoms with Crippen LogP contribution in [0.2, 0.25) is 0 Å². The third kappa shape index (κ3) is 8.15. The Kier molecular flexibility index (Phi) is 9.49. The summed E-state index contributed by atoms with van der Waals surface area (Å²) >= 11 is 0. The number of nitrogens with one attached hydrogen (secondary N) is 1. The van der Waals surface area contributed by atoms with Gasteiger partial charge in [0, 0.05) is 25.7 Å². The molecule has 1 saturated carbocycles. The number of rotatable bonds is 10. The molecule has 0 amide bonds. The van der Waals surface area contributed by atoms with Gasteiger partial charge in [-0.2, -0.15) is 0 Å². The summed E-state index contributed by atoms with van der Waals surface area (Å²) in [6.07, 6.45) is 5.99. The molecule has 0 saturated heterocycles. The summed E-state index contributed by atoms with van der Waals surface area (Å²) in [6.45, 7) is 9.79. The van der Waals surface area contributed by atoms with Crippen LogP contribution in [0.1, 0.15) is 52.9 Å². The first-order chi connectivity index (χ1) is 10.0. The number of ether oxygens (including phenoxy) is 1. The Bertz CT molecular complexity index is 255.